The van der Waals surface area contributed by atoms with E-state index in [1.165, 1.54) is 12.1 Å². The molecule has 0 bridgehead atoms. The molecular formula is C19H24FN3O. The summed E-state index contributed by atoms with van der Waals surface area (Å²) in [6, 6.07) is 14.5. The standard InChI is InChI=1S/C19H24FN3O/c1-3-24-18-7-5-4-6-16(18)14-23-19(21-2)22-13-12-15-8-10-17(20)11-9-15/h4-11H,3,12-14H2,1-2H3,(H2,21,22,23). The molecule has 5 heteroatoms. The van der Waals surface area contributed by atoms with Crippen molar-refractivity contribution in [1.29, 1.82) is 0 Å². The SMILES string of the molecule is CCOc1ccccc1CNC(=NC)NCCc1ccc(F)cc1. The van der Waals surface area contributed by atoms with E-state index in [1.54, 1.807) is 19.2 Å². The van der Waals surface area contributed by atoms with Crippen LogP contribution in [0.5, 0.6) is 5.75 Å². The average molecular weight is 329 g/mol. The summed E-state index contributed by atoms with van der Waals surface area (Å²) in [7, 11) is 1.74. The fourth-order valence-electron chi connectivity index (χ4n) is 2.32. The Hall–Kier alpha value is -2.56. The van der Waals surface area contributed by atoms with E-state index in [0.717, 1.165) is 35.8 Å². The second-order valence-corrected chi connectivity index (χ2v) is 5.27. The lowest BCUT2D eigenvalue weighted by atomic mass is 10.1. The largest absolute Gasteiger partial charge is 0.494 e. The van der Waals surface area contributed by atoms with Gasteiger partial charge in [0, 0.05) is 25.7 Å². The maximum Gasteiger partial charge on any atom is 0.191 e. The van der Waals surface area contributed by atoms with Gasteiger partial charge in [-0.25, -0.2) is 4.39 Å². The first-order chi connectivity index (χ1) is 11.7. The van der Waals surface area contributed by atoms with E-state index in [0.29, 0.717) is 13.2 Å². The van der Waals surface area contributed by atoms with Gasteiger partial charge >= 0.3 is 0 Å². The zero-order chi connectivity index (χ0) is 17.2. The summed E-state index contributed by atoms with van der Waals surface area (Å²) in [5, 5.41) is 6.54. The maximum absolute atomic E-state index is 12.9. The molecule has 0 amide bonds. The van der Waals surface area contributed by atoms with E-state index in [-0.39, 0.29) is 5.82 Å². The molecule has 0 aliphatic rings. The van der Waals surface area contributed by atoms with E-state index in [1.807, 2.05) is 31.2 Å². The normalized spacial score (nSPS) is 11.2. The van der Waals surface area contributed by atoms with Gasteiger partial charge in [0.1, 0.15) is 11.6 Å². The lowest BCUT2D eigenvalue weighted by Crippen LogP contribution is -2.37. The molecule has 0 radical (unpaired) electrons. The van der Waals surface area contributed by atoms with Crippen molar-refractivity contribution in [3.63, 3.8) is 0 Å². The van der Waals surface area contributed by atoms with Crippen molar-refractivity contribution in [1.82, 2.24) is 10.6 Å². The molecule has 0 unspecified atom stereocenters. The molecule has 2 N–H and O–H groups in total. The van der Waals surface area contributed by atoms with Crippen molar-refractivity contribution >= 4 is 5.96 Å². The molecule has 2 aromatic carbocycles. The number of nitrogens with one attached hydrogen (secondary N) is 2. The van der Waals surface area contributed by atoms with E-state index >= 15 is 0 Å². The number of halogens is 1. The number of rotatable bonds is 7. The summed E-state index contributed by atoms with van der Waals surface area (Å²) in [5.74, 6) is 1.40. The molecule has 2 rings (SSSR count). The van der Waals surface area contributed by atoms with Crippen molar-refractivity contribution in [2.75, 3.05) is 20.2 Å². The molecule has 0 aliphatic heterocycles. The fraction of sp³-hybridized carbons (Fsp3) is 0.316. The first-order valence-corrected chi connectivity index (χ1v) is 8.12. The summed E-state index contributed by atoms with van der Waals surface area (Å²) >= 11 is 0. The lowest BCUT2D eigenvalue weighted by molar-refractivity contribution is 0.336. The van der Waals surface area contributed by atoms with Gasteiger partial charge in [-0.15, -0.1) is 0 Å². The second-order valence-electron chi connectivity index (χ2n) is 5.27. The van der Waals surface area contributed by atoms with Crippen LogP contribution in [0.4, 0.5) is 4.39 Å². The number of nitrogens with zero attached hydrogens (tertiary/aromatic N) is 1. The minimum absolute atomic E-state index is 0.211. The van der Waals surface area contributed by atoms with Gasteiger partial charge in [-0.1, -0.05) is 30.3 Å². The smallest absolute Gasteiger partial charge is 0.191 e. The van der Waals surface area contributed by atoms with Gasteiger partial charge in [0.05, 0.1) is 6.61 Å². The van der Waals surface area contributed by atoms with Crippen molar-refractivity contribution in [2.24, 2.45) is 4.99 Å². The molecule has 2 aromatic rings. The minimum atomic E-state index is -0.211. The maximum atomic E-state index is 12.9. The molecule has 0 aromatic heterocycles. The first-order valence-electron chi connectivity index (χ1n) is 8.12. The van der Waals surface area contributed by atoms with Crippen LogP contribution in [0.1, 0.15) is 18.1 Å². The Morgan fingerprint density at radius 2 is 1.83 bits per heavy atom. The molecule has 0 fully saturated rings. The second kappa shape index (κ2) is 9.55. The van der Waals surface area contributed by atoms with Crippen molar-refractivity contribution < 1.29 is 9.13 Å². The van der Waals surface area contributed by atoms with Gasteiger partial charge in [-0.3, -0.25) is 4.99 Å². The fourth-order valence-corrected chi connectivity index (χ4v) is 2.32. The van der Waals surface area contributed by atoms with Crippen LogP contribution in [0, 0.1) is 5.82 Å². The topological polar surface area (TPSA) is 45.6 Å². The van der Waals surface area contributed by atoms with E-state index in [2.05, 4.69) is 15.6 Å². The zero-order valence-corrected chi connectivity index (χ0v) is 14.2. The Morgan fingerprint density at radius 1 is 1.08 bits per heavy atom. The highest BCUT2D eigenvalue weighted by Crippen LogP contribution is 2.17. The summed E-state index contributed by atoms with van der Waals surface area (Å²) < 4.78 is 18.5. The Morgan fingerprint density at radius 3 is 2.54 bits per heavy atom. The molecule has 0 heterocycles. The summed E-state index contributed by atoms with van der Waals surface area (Å²) in [4.78, 5) is 4.22. The van der Waals surface area contributed by atoms with E-state index in [9.17, 15) is 4.39 Å². The number of ether oxygens (including phenoxy) is 1. The van der Waals surface area contributed by atoms with Gasteiger partial charge in [0.25, 0.3) is 0 Å². The molecule has 0 aliphatic carbocycles. The van der Waals surface area contributed by atoms with Crippen LogP contribution in [0.15, 0.2) is 53.5 Å². The molecular weight excluding hydrogens is 305 g/mol. The highest BCUT2D eigenvalue weighted by molar-refractivity contribution is 5.79. The summed E-state index contributed by atoms with van der Waals surface area (Å²) in [5.41, 5.74) is 2.17. The molecule has 4 nitrogen and oxygen atoms in total. The van der Waals surface area contributed by atoms with Crippen molar-refractivity contribution in [2.45, 2.75) is 19.9 Å². The third kappa shape index (κ3) is 5.57. The van der Waals surface area contributed by atoms with Crippen LogP contribution < -0.4 is 15.4 Å². The van der Waals surface area contributed by atoms with Crippen LogP contribution in [-0.2, 0) is 13.0 Å². The number of guanidine groups is 1. The van der Waals surface area contributed by atoms with Gasteiger partial charge in [0.15, 0.2) is 5.96 Å². The van der Waals surface area contributed by atoms with Gasteiger partial charge < -0.3 is 15.4 Å². The Labute approximate surface area is 142 Å². The van der Waals surface area contributed by atoms with Crippen molar-refractivity contribution in [3.05, 3.63) is 65.5 Å². The van der Waals surface area contributed by atoms with Crippen LogP contribution >= 0.6 is 0 Å². The van der Waals surface area contributed by atoms with Gasteiger partial charge in [0.2, 0.25) is 0 Å². The number of benzene rings is 2. The predicted octanol–water partition coefficient (Wildman–Crippen LogP) is 3.13. The highest BCUT2D eigenvalue weighted by atomic mass is 19.1. The van der Waals surface area contributed by atoms with Crippen molar-refractivity contribution in [3.8, 4) is 5.75 Å². The predicted molar refractivity (Wildman–Crippen MR) is 95.9 cm³/mol. The molecule has 0 atom stereocenters. The van der Waals surface area contributed by atoms with Crippen LogP contribution in [0.25, 0.3) is 0 Å². The van der Waals surface area contributed by atoms with Gasteiger partial charge in [-0.05, 0) is 37.1 Å². The van der Waals surface area contributed by atoms with E-state index in [4.69, 9.17) is 4.74 Å². The minimum Gasteiger partial charge on any atom is -0.494 e. The monoisotopic (exact) mass is 329 g/mol. The lowest BCUT2D eigenvalue weighted by Gasteiger charge is -2.14. The third-order valence-corrected chi connectivity index (χ3v) is 3.56. The molecule has 0 saturated heterocycles. The number of hydrogen-bond donors (Lipinski definition) is 2. The summed E-state index contributed by atoms with van der Waals surface area (Å²) in [6.07, 6.45) is 0.802. The van der Waals surface area contributed by atoms with Crippen LogP contribution in [0.2, 0.25) is 0 Å². The van der Waals surface area contributed by atoms with Crippen LogP contribution in [0.3, 0.4) is 0 Å². The molecule has 24 heavy (non-hydrogen) atoms. The summed E-state index contributed by atoms with van der Waals surface area (Å²) in [6.45, 7) is 3.96. The third-order valence-electron chi connectivity index (χ3n) is 3.56. The number of hydrogen-bond acceptors (Lipinski definition) is 2. The Balaban J connectivity index is 1.81. The highest BCUT2D eigenvalue weighted by Gasteiger charge is 2.04. The quantitative estimate of drug-likeness (QED) is 0.606. The van der Waals surface area contributed by atoms with Gasteiger partial charge in [-0.2, -0.15) is 0 Å². The van der Waals surface area contributed by atoms with Crippen LogP contribution in [-0.4, -0.2) is 26.2 Å². The molecule has 0 spiro atoms. The number of aliphatic imine (C=N–C) groups is 1. The molecule has 128 valence electrons. The first kappa shape index (κ1) is 17.8. The number of para-hydroxylation sites is 1. The zero-order valence-electron chi connectivity index (χ0n) is 14.2. The molecule has 0 saturated carbocycles. The van der Waals surface area contributed by atoms with E-state index < -0.39 is 0 Å². The average Bonchev–Trinajstić information content (AvgIpc) is 2.61. The Bertz CT molecular complexity index is 656. The Kier molecular flexibility index (Phi) is 7.08.